The molecule has 6 nitrogen and oxygen atoms in total. The van der Waals surface area contributed by atoms with E-state index >= 15 is 0 Å². The Morgan fingerprint density at radius 2 is 1.89 bits per heavy atom. The molecule has 0 unspecified atom stereocenters. The third kappa shape index (κ3) is 2.57. The quantitative estimate of drug-likeness (QED) is 0.782. The van der Waals surface area contributed by atoms with E-state index in [0.29, 0.717) is 5.56 Å². The second kappa shape index (κ2) is 5.01. The van der Waals surface area contributed by atoms with Crippen LogP contribution in [0.3, 0.4) is 0 Å². The molecule has 2 aromatic rings. The monoisotopic (exact) mass is 307 g/mol. The molecule has 0 aliphatic rings. The van der Waals surface area contributed by atoms with Crippen molar-refractivity contribution in [1.82, 2.24) is 9.97 Å². The number of aromatic nitrogens is 2. The zero-order chi connectivity index (χ0) is 13.1. The van der Waals surface area contributed by atoms with Crippen molar-refractivity contribution < 1.29 is 4.79 Å². The van der Waals surface area contributed by atoms with Crippen molar-refractivity contribution in [2.45, 2.75) is 0 Å². The normalized spacial score (nSPS) is 10.1. The maximum atomic E-state index is 12.0. The fourth-order valence-electron chi connectivity index (χ4n) is 1.36. The van der Waals surface area contributed by atoms with Gasteiger partial charge in [0.25, 0.3) is 5.91 Å². The van der Waals surface area contributed by atoms with Crippen LogP contribution in [-0.4, -0.2) is 15.9 Å². The SMILES string of the molecule is Nc1ncnc(N)c1NC(=O)c1cccc(Br)c1. The number of carbonyl (C=O) groups is 1. The molecule has 0 aliphatic carbocycles. The molecule has 1 aromatic heterocycles. The lowest BCUT2D eigenvalue weighted by atomic mass is 10.2. The highest BCUT2D eigenvalue weighted by Crippen LogP contribution is 2.22. The number of carbonyl (C=O) groups excluding carboxylic acids is 1. The second-order valence-electron chi connectivity index (χ2n) is 3.48. The highest BCUT2D eigenvalue weighted by atomic mass is 79.9. The number of nitrogen functional groups attached to an aromatic ring is 2. The van der Waals surface area contributed by atoms with Crippen molar-refractivity contribution in [3.63, 3.8) is 0 Å². The Morgan fingerprint density at radius 3 is 2.50 bits per heavy atom. The van der Waals surface area contributed by atoms with Crippen LogP contribution in [0.15, 0.2) is 35.1 Å². The van der Waals surface area contributed by atoms with Crippen LogP contribution >= 0.6 is 15.9 Å². The number of hydrogen-bond donors (Lipinski definition) is 3. The minimum absolute atomic E-state index is 0.130. The molecule has 0 spiro atoms. The number of halogens is 1. The third-order valence-electron chi connectivity index (χ3n) is 2.23. The fourth-order valence-corrected chi connectivity index (χ4v) is 1.76. The Labute approximate surface area is 112 Å². The number of nitrogens with two attached hydrogens (primary N) is 2. The molecule has 7 heteroatoms. The van der Waals surface area contributed by atoms with Crippen molar-refractivity contribution >= 4 is 39.2 Å². The fraction of sp³-hybridized carbons (Fsp3) is 0. The number of anilines is 3. The van der Waals surface area contributed by atoms with Gasteiger partial charge < -0.3 is 16.8 Å². The summed E-state index contributed by atoms with van der Waals surface area (Å²) >= 11 is 3.29. The second-order valence-corrected chi connectivity index (χ2v) is 4.40. The molecule has 0 saturated heterocycles. The Balaban J connectivity index is 2.27. The van der Waals surface area contributed by atoms with Crippen molar-refractivity contribution in [3.05, 3.63) is 40.6 Å². The molecule has 1 heterocycles. The summed E-state index contributed by atoms with van der Waals surface area (Å²) in [6.45, 7) is 0. The number of benzene rings is 1. The average Bonchev–Trinajstić information content (AvgIpc) is 2.34. The number of hydrogen-bond acceptors (Lipinski definition) is 5. The van der Waals surface area contributed by atoms with E-state index in [1.54, 1.807) is 18.2 Å². The van der Waals surface area contributed by atoms with Gasteiger partial charge in [-0.05, 0) is 18.2 Å². The van der Waals surface area contributed by atoms with Crippen molar-refractivity contribution in [2.75, 3.05) is 16.8 Å². The Hall–Kier alpha value is -2.15. The zero-order valence-electron chi connectivity index (χ0n) is 9.22. The lowest BCUT2D eigenvalue weighted by molar-refractivity contribution is 0.102. The number of nitrogens with zero attached hydrogens (tertiary/aromatic N) is 2. The number of nitrogens with one attached hydrogen (secondary N) is 1. The van der Waals surface area contributed by atoms with Crippen LogP contribution in [0.2, 0.25) is 0 Å². The predicted octanol–water partition coefficient (Wildman–Crippen LogP) is 1.66. The van der Waals surface area contributed by atoms with Gasteiger partial charge in [0, 0.05) is 10.0 Å². The van der Waals surface area contributed by atoms with Gasteiger partial charge in [0.05, 0.1) is 0 Å². The van der Waals surface area contributed by atoms with Crippen LogP contribution in [0.25, 0.3) is 0 Å². The molecule has 0 bridgehead atoms. The van der Waals surface area contributed by atoms with Gasteiger partial charge in [0.15, 0.2) is 11.6 Å². The minimum atomic E-state index is -0.329. The van der Waals surface area contributed by atoms with E-state index in [-0.39, 0.29) is 23.2 Å². The molecule has 1 amide bonds. The van der Waals surface area contributed by atoms with E-state index in [9.17, 15) is 4.79 Å². The summed E-state index contributed by atoms with van der Waals surface area (Å²) < 4.78 is 0.806. The van der Waals surface area contributed by atoms with E-state index in [2.05, 4.69) is 31.2 Å². The first-order valence-electron chi connectivity index (χ1n) is 5.01. The molecule has 0 fully saturated rings. The van der Waals surface area contributed by atoms with E-state index < -0.39 is 0 Å². The van der Waals surface area contributed by atoms with Gasteiger partial charge in [-0.25, -0.2) is 9.97 Å². The molecule has 0 radical (unpaired) electrons. The van der Waals surface area contributed by atoms with Gasteiger partial charge in [-0.15, -0.1) is 0 Å². The maximum absolute atomic E-state index is 12.0. The highest BCUT2D eigenvalue weighted by Gasteiger charge is 2.12. The molecule has 5 N–H and O–H groups in total. The first kappa shape index (κ1) is 12.3. The lowest BCUT2D eigenvalue weighted by Crippen LogP contribution is -2.15. The molecular formula is C11H10BrN5O. The van der Waals surface area contributed by atoms with Crippen molar-refractivity contribution in [2.24, 2.45) is 0 Å². The average molecular weight is 308 g/mol. The summed E-state index contributed by atoms with van der Waals surface area (Å²) in [7, 11) is 0. The Bertz CT molecular complexity index is 581. The summed E-state index contributed by atoms with van der Waals surface area (Å²) in [5, 5.41) is 2.59. The maximum Gasteiger partial charge on any atom is 0.255 e. The van der Waals surface area contributed by atoms with E-state index in [1.807, 2.05) is 6.07 Å². The van der Waals surface area contributed by atoms with Gasteiger partial charge in [0.2, 0.25) is 0 Å². The van der Waals surface area contributed by atoms with Crippen LogP contribution in [0.4, 0.5) is 17.3 Å². The molecular weight excluding hydrogens is 298 g/mol. The van der Waals surface area contributed by atoms with Crippen LogP contribution in [-0.2, 0) is 0 Å². The first-order valence-corrected chi connectivity index (χ1v) is 5.80. The lowest BCUT2D eigenvalue weighted by Gasteiger charge is -2.09. The summed E-state index contributed by atoms with van der Waals surface area (Å²) in [5.41, 5.74) is 11.9. The van der Waals surface area contributed by atoms with Crippen molar-refractivity contribution in [3.8, 4) is 0 Å². The van der Waals surface area contributed by atoms with E-state index in [1.165, 1.54) is 6.33 Å². The summed E-state index contributed by atoms with van der Waals surface area (Å²) in [5.74, 6) is -0.0683. The topological polar surface area (TPSA) is 107 Å². The van der Waals surface area contributed by atoms with Crippen LogP contribution in [0.5, 0.6) is 0 Å². The summed E-state index contributed by atoms with van der Waals surface area (Å²) in [4.78, 5) is 19.5. The molecule has 1 aromatic carbocycles. The van der Waals surface area contributed by atoms with Crippen LogP contribution in [0, 0.1) is 0 Å². The standard InChI is InChI=1S/C11H10BrN5O/c12-7-3-1-2-6(4-7)11(18)17-8-9(13)15-5-16-10(8)14/h1-5H,(H,17,18)(H4,13,14,15,16). The zero-order valence-corrected chi connectivity index (χ0v) is 10.8. The third-order valence-corrected chi connectivity index (χ3v) is 2.72. The van der Waals surface area contributed by atoms with Gasteiger partial charge in [-0.1, -0.05) is 22.0 Å². The molecule has 2 rings (SSSR count). The molecule has 18 heavy (non-hydrogen) atoms. The van der Waals surface area contributed by atoms with E-state index in [4.69, 9.17) is 11.5 Å². The van der Waals surface area contributed by atoms with Crippen LogP contribution < -0.4 is 16.8 Å². The Kier molecular flexibility index (Phi) is 3.42. The number of amides is 1. The highest BCUT2D eigenvalue weighted by molar-refractivity contribution is 9.10. The molecule has 92 valence electrons. The molecule has 0 saturated carbocycles. The van der Waals surface area contributed by atoms with Gasteiger partial charge in [-0.3, -0.25) is 4.79 Å². The van der Waals surface area contributed by atoms with Gasteiger partial charge >= 0.3 is 0 Å². The molecule has 0 aliphatic heterocycles. The number of rotatable bonds is 2. The smallest absolute Gasteiger partial charge is 0.255 e. The first-order chi connectivity index (χ1) is 8.58. The van der Waals surface area contributed by atoms with Crippen LogP contribution in [0.1, 0.15) is 10.4 Å². The predicted molar refractivity (Wildman–Crippen MR) is 73.0 cm³/mol. The largest absolute Gasteiger partial charge is 0.382 e. The summed E-state index contributed by atoms with van der Waals surface area (Å²) in [6.07, 6.45) is 1.24. The van der Waals surface area contributed by atoms with E-state index in [0.717, 1.165) is 4.47 Å². The van der Waals surface area contributed by atoms with Gasteiger partial charge in [-0.2, -0.15) is 0 Å². The minimum Gasteiger partial charge on any atom is -0.382 e. The molecule has 0 atom stereocenters. The van der Waals surface area contributed by atoms with Gasteiger partial charge in [0.1, 0.15) is 12.0 Å². The van der Waals surface area contributed by atoms with Crippen molar-refractivity contribution in [1.29, 1.82) is 0 Å². The summed E-state index contributed by atoms with van der Waals surface area (Å²) in [6, 6.07) is 6.94. The Morgan fingerprint density at radius 1 is 1.22 bits per heavy atom.